The van der Waals surface area contributed by atoms with Gasteiger partial charge in [0.15, 0.2) is 0 Å². The predicted octanol–water partition coefficient (Wildman–Crippen LogP) is 1.99. The van der Waals surface area contributed by atoms with Crippen LogP contribution in [-0.4, -0.2) is 49.7 Å². The van der Waals surface area contributed by atoms with Crippen molar-refractivity contribution in [3.63, 3.8) is 0 Å². The van der Waals surface area contributed by atoms with E-state index in [0.29, 0.717) is 22.9 Å². The molecule has 1 aromatic carbocycles. The molecule has 0 spiro atoms. The molecule has 0 bridgehead atoms. The van der Waals surface area contributed by atoms with E-state index in [2.05, 4.69) is 23.6 Å². The molecule has 0 radical (unpaired) electrons. The van der Waals surface area contributed by atoms with Gasteiger partial charge < -0.3 is 20.6 Å². The number of nitrogens with two attached hydrogens (primary N) is 1. The smallest absolute Gasteiger partial charge is 0.337 e. The highest BCUT2D eigenvalue weighted by Crippen LogP contribution is 2.24. The van der Waals surface area contributed by atoms with Crippen LogP contribution < -0.4 is 10.6 Å². The molecule has 0 saturated heterocycles. The number of carboxylic acids is 1. The molecule has 0 saturated carbocycles. The summed E-state index contributed by atoms with van der Waals surface area (Å²) < 4.78 is 0. The summed E-state index contributed by atoms with van der Waals surface area (Å²) in [5, 5.41) is 9.34. The van der Waals surface area contributed by atoms with Crippen molar-refractivity contribution in [3.05, 3.63) is 23.8 Å². The number of nitrogens with zero attached hydrogens (tertiary/aromatic N) is 2. The molecule has 0 amide bonds. The van der Waals surface area contributed by atoms with Crippen LogP contribution in [0.3, 0.4) is 0 Å². The number of benzene rings is 1. The van der Waals surface area contributed by atoms with Crippen molar-refractivity contribution in [1.82, 2.24) is 4.90 Å². The molecule has 1 rings (SSSR count). The van der Waals surface area contributed by atoms with Gasteiger partial charge >= 0.3 is 5.97 Å². The lowest BCUT2D eigenvalue weighted by Crippen LogP contribution is -2.35. The van der Waals surface area contributed by atoms with Crippen LogP contribution in [0.4, 0.5) is 11.4 Å². The van der Waals surface area contributed by atoms with Gasteiger partial charge in [-0.3, -0.25) is 0 Å². The zero-order chi connectivity index (χ0) is 15.3. The van der Waals surface area contributed by atoms with Crippen molar-refractivity contribution in [2.75, 3.05) is 44.4 Å². The lowest BCUT2D eigenvalue weighted by molar-refractivity contribution is 0.0697. The largest absolute Gasteiger partial charge is 0.478 e. The number of hydrogen-bond acceptors (Lipinski definition) is 4. The highest BCUT2D eigenvalue weighted by molar-refractivity contribution is 5.95. The number of hydrogen-bond donors (Lipinski definition) is 2. The number of aromatic carboxylic acids is 1. The molecule has 20 heavy (non-hydrogen) atoms. The molecule has 0 aliphatic heterocycles. The molecule has 0 unspecified atom stereocenters. The van der Waals surface area contributed by atoms with Crippen molar-refractivity contribution >= 4 is 17.3 Å². The van der Waals surface area contributed by atoms with E-state index in [1.807, 2.05) is 14.1 Å². The minimum atomic E-state index is -0.918. The van der Waals surface area contributed by atoms with Gasteiger partial charge in [-0.2, -0.15) is 0 Å². The molecule has 0 aliphatic carbocycles. The number of likely N-dealkylation sites (N-methyl/N-ethyl adjacent to an activating group) is 1. The van der Waals surface area contributed by atoms with Crippen molar-refractivity contribution in [3.8, 4) is 0 Å². The Morgan fingerprint density at radius 1 is 1.30 bits per heavy atom. The van der Waals surface area contributed by atoms with Crippen molar-refractivity contribution in [2.45, 2.75) is 13.8 Å². The lowest BCUT2D eigenvalue weighted by atomic mass is 10.1. The van der Waals surface area contributed by atoms with Gasteiger partial charge in [-0.25, -0.2) is 4.79 Å². The van der Waals surface area contributed by atoms with Crippen LogP contribution in [0.1, 0.15) is 24.2 Å². The van der Waals surface area contributed by atoms with Gasteiger partial charge in [0.1, 0.15) is 0 Å². The van der Waals surface area contributed by atoms with E-state index in [0.717, 1.165) is 19.6 Å². The Labute approximate surface area is 121 Å². The Balaban J connectivity index is 3.10. The fraction of sp³-hybridized carbons (Fsp3) is 0.533. The maximum Gasteiger partial charge on any atom is 0.337 e. The summed E-state index contributed by atoms with van der Waals surface area (Å²) in [6.45, 7) is 6.68. The molecular formula is C15H25N3O2. The van der Waals surface area contributed by atoms with Crippen molar-refractivity contribution < 1.29 is 9.90 Å². The first-order valence-corrected chi connectivity index (χ1v) is 6.83. The quantitative estimate of drug-likeness (QED) is 0.747. The minimum absolute atomic E-state index is 0.304. The van der Waals surface area contributed by atoms with Crippen LogP contribution in [0.5, 0.6) is 0 Å². The second-order valence-electron chi connectivity index (χ2n) is 5.72. The highest BCUT2D eigenvalue weighted by Gasteiger charge is 2.17. The fourth-order valence-corrected chi connectivity index (χ4v) is 2.06. The third kappa shape index (κ3) is 4.74. The topological polar surface area (TPSA) is 69.8 Å². The van der Waals surface area contributed by atoms with E-state index in [4.69, 9.17) is 5.73 Å². The fourth-order valence-electron chi connectivity index (χ4n) is 2.06. The van der Waals surface area contributed by atoms with Crippen LogP contribution in [-0.2, 0) is 0 Å². The Kier molecular flexibility index (Phi) is 5.82. The first kappa shape index (κ1) is 16.3. The molecule has 0 fully saturated rings. The van der Waals surface area contributed by atoms with Crippen LogP contribution in [0, 0.1) is 5.92 Å². The van der Waals surface area contributed by atoms with Crippen LogP contribution in [0.2, 0.25) is 0 Å². The molecular weight excluding hydrogens is 254 g/mol. The standard InChI is InChI=1S/C15H25N3O2/c1-11(2)10-18(8-7-17(3)4)14-9-12(16)5-6-13(14)15(19)20/h5-6,9,11H,7-8,10,16H2,1-4H3,(H,19,20). The van der Waals surface area contributed by atoms with Crippen LogP contribution >= 0.6 is 0 Å². The molecule has 112 valence electrons. The van der Waals surface area contributed by atoms with Gasteiger partial charge in [-0.15, -0.1) is 0 Å². The van der Waals surface area contributed by atoms with E-state index in [-0.39, 0.29) is 0 Å². The summed E-state index contributed by atoms with van der Waals surface area (Å²) in [4.78, 5) is 15.6. The second-order valence-corrected chi connectivity index (χ2v) is 5.72. The average molecular weight is 279 g/mol. The molecule has 5 heteroatoms. The number of carbonyl (C=O) groups is 1. The molecule has 0 heterocycles. The third-order valence-electron chi connectivity index (χ3n) is 3.00. The Morgan fingerprint density at radius 2 is 1.95 bits per heavy atom. The zero-order valence-corrected chi connectivity index (χ0v) is 12.8. The van der Waals surface area contributed by atoms with Gasteiger partial charge in [0, 0.05) is 25.3 Å². The molecule has 1 aromatic rings. The molecule has 0 aromatic heterocycles. The van der Waals surface area contributed by atoms with E-state index in [1.165, 1.54) is 0 Å². The summed E-state index contributed by atoms with van der Waals surface area (Å²) in [6.07, 6.45) is 0. The molecule has 5 nitrogen and oxygen atoms in total. The van der Waals surface area contributed by atoms with Crippen molar-refractivity contribution in [2.24, 2.45) is 5.92 Å². The zero-order valence-electron chi connectivity index (χ0n) is 12.8. The Morgan fingerprint density at radius 3 is 2.45 bits per heavy atom. The van der Waals surface area contributed by atoms with Gasteiger partial charge in [-0.1, -0.05) is 13.8 Å². The van der Waals surface area contributed by atoms with Gasteiger partial charge in [0.2, 0.25) is 0 Å². The Bertz CT molecular complexity index is 458. The summed E-state index contributed by atoms with van der Waals surface area (Å²) in [5.41, 5.74) is 7.42. The first-order chi connectivity index (χ1) is 9.31. The monoisotopic (exact) mass is 279 g/mol. The second kappa shape index (κ2) is 7.14. The van der Waals surface area contributed by atoms with E-state index < -0.39 is 5.97 Å². The summed E-state index contributed by atoms with van der Waals surface area (Å²) in [7, 11) is 4.01. The highest BCUT2D eigenvalue weighted by atomic mass is 16.4. The molecule has 0 aliphatic rings. The maximum atomic E-state index is 11.4. The number of carboxylic acid groups (broad SMARTS) is 1. The number of nitrogen functional groups attached to an aromatic ring is 1. The van der Waals surface area contributed by atoms with Crippen LogP contribution in [0.15, 0.2) is 18.2 Å². The molecule has 0 atom stereocenters. The van der Waals surface area contributed by atoms with E-state index in [1.54, 1.807) is 18.2 Å². The van der Waals surface area contributed by atoms with E-state index >= 15 is 0 Å². The van der Waals surface area contributed by atoms with Gasteiger partial charge in [0.25, 0.3) is 0 Å². The summed E-state index contributed by atoms with van der Waals surface area (Å²) in [5.74, 6) is -0.473. The van der Waals surface area contributed by atoms with Gasteiger partial charge in [-0.05, 0) is 38.2 Å². The van der Waals surface area contributed by atoms with Crippen molar-refractivity contribution in [1.29, 1.82) is 0 Å². The van der Waals surface area contributed by atoms with E-state index in [9.17, 15) is 9.90 Å². The summed E-state index contributed by atoms with van der Waals surface area (Å²) in [6, 6.07) is 4.96. The lowest BCUT2D eigenvalue weighted by Gasteiger charge is -2.29. The molecule has 3 N–H and O–H groups in total. The normalized spacial score (nSPS) is 11.1. The minimum Gasteiger partial charge on any atom is -0.478 e. The Hall–Kier alpha value is -1.75. The summed E-state index contributed by atoms with van der Waals surface area (Å²) >= 11 is 0. The number of anilines is 2. The third-order valence-corrected chi connectivity index (χ3v) is 3.00. The average Bonchev–Trinajstić information content (AvgIpc) is 2.33. The predicted molar refractivity (Wildman–Crippen MR) is 83.4 cm³/mol. The number of rotatable bonds is 7. The first-order valence-electron chi connectivity index (χ1n) is 6.83. The van der Waals surface area contributed by atoms with Gasteiger partial charge in [0.05, 0.1) is 11.3 Å². The maximum absolute atomic E-state index is 11.4. The van der Waals surface area contributed by atoms with Crippen LogP contribution in [0.25, 0.3) is 0 Å². The SMILES string of the molecule is CC(C)CN(CCN(C)C)c1cc(N)ccc1C(=O)O.